The topological polar surface area (TPSA) is 74.0 Å². The standard InChI is InChI=1S/C24H25N3O2S2/c1-15(2)22(27-23(28)21-10-6-12-31-21)24(29)26-14-18(20-9-5-11-30-20)17-13-25-19-8-4-3-7-16(17)19/h3-13,15,18,22,25H,14H2,1-2H3,(H,26,29)(H,27,28)/t18-,22+/m1/s1. The summed E-state index contributed by atoms with van der Waals surface area (Å²) in [6, 6.07) is 15.3. The molecule has 5 nitrogen and oxygen atoms in total. The number of carbonyl (C=O) groups excluding carboxylic acids is 2. The second-order valence-electron chi connectivity index (χ2n) is 7.78. The van der Waals surface area contributed by atoms with E-state index in [0.29, 0.717) is 11.4 Å². The first-order chi connectivity index (χ1) is 15.0. The molecule has 0 aliphatic rings. The number of aromatic amines is 1. The molecule has 2 amide bonds. The summed E-state index contributed by atoms with van der Waals surface area (Å²) in [6.07, 6.45) is 2.03. The maximum absolute atomic E-state index is 13.1. The van der Waals surface area contributed by atoms with Crippen molar-refractivity contribution >= 4 is 45.4 Å². The Labute approximate surface area is 189 Å². The van der Waals surface area contributed by atoms with Crippen LogP contribution in [-0.4, -0.2) is 29.4 Å². The predicted octanol–water partition coefficient (Wildman–Crippen LogP) is 4.99. The number of rotatable bonds is 8. The van der Waals surface area contributed by atoms with Gasteiger partial charge in [0.1, 0.15) is 6.04 Å². The summed E-state index contributed by atoms with van der Waals surface area (Å²) in [5.41, 5.74) is 2.23. The molecule has 4 rings (SSSR count). The highest BCUT2D eigenvalue weighted by atomic mass is 32.1. The minimum Gasteiger partial charge on any atom is -0.361 e. The van der Waals surface area contributed by atoms with Gasteiger partial charge >= 0.3 is 0 Å². The summed E-state index contributed by atoms with van der Waals surface area (Å²) in [5.74, 6) is -0.380. The molecule has 0 aliphatic carbocycles. The molecule has 1 aromatic carbocycles. The number of H-pyrrole nitrogens is 1. The van der Waals surface area contributed by atoms with Crippen LogP contribution in [0.2, 0.25) is 0 Å². The lowest BCUT2D eigenvalue weighted by Gasteiger charge is -2.23. The molecule has 160 valence electrons. The summed E-state index contributed by atoms with van der Waals surface area (Å²) in [7, 11) is 0. The van der Waals surface area contributed by atoms with E-state index in [0.717, 1.165) is 16.5 Å². The second kappa shape index (κ2) is 9.49. The fourth-order valence-electron chi connectivity index (χ4n) is 3.70. The van der Waals surface area contributed by atoms with Crippen LogP contribution in [-0.2, 0) is 4.79 Å². The van der Waals surface area contributed by atoms with E-state index in [9.17, 15) is 9.59 Å². The third-order valence-corrected chi connectivity index (χ3v) is 7.20. The number of hydrogen-bond donors (Lipinski definition) is 3. The van der Waals surface area contributed by atoms with Crippen molar-refractivity contribution in [1.29, 1.82) is 0 Å². The number of aromatic nitrogens is 1. The minimum absolute atomic E-state index is 0.0286. The molecule has 0 spiro atoms. The minimum atomic E-state index is -0.596. The fraction of sp³-hybridized carbons (Fsp3) is 0.250. The molecule has 0 radical (unpaired) electrons. The SMILES string of the molecule is CC(C)[C@H](NC(=O)c1cccs1)C(=O)NC[C@@H](c1cccs1)c1c[nH]c2ccccc12. The molecule has 3 aromatic heterocycles. The summed E-state index contributed by atoms with van der Waals surface area (Å²) >= 11 is 3.05. The van der Waals surface area contributed by atoms with Crippen molar-refractivity contribution in [3.63, 3.8) is 0 Å². The third kappa shape index (κ3) is 4.73. The third-order valence-electron chi connectivity index (χ3n) is 5.34. The van der Waals surface area contributed by atoms with E-state index in [1.807, 2.05) is 49.7 Å². The van der Waals surface area contributed by atoms with Gasteiger partial charge in [0, 0.05) is 34.4 Å². The van der Waals surface area contributed by atoms with Crippen molar-refractivity contribution in [2.75, 3.05) is 6.54 Å². The van der Waals surface area contributed by atoms with Crippen molar-refractivity contribution < 1.29 is 9.59 Å². The van der Waals surface area contributed by atoms with Gasteiger partial charge in [0.25, 0.3) is 5.91 Å². The first-order valence-corrected chi connectivity index (χ1v) is 12.0. The van der Waals surface area contributed by atoms with Gasteiger partial charge in [-0.15, -0.1) is 22.7 Å². The van der Waals surface area contributed by atoms with Gasteiger partial charge in [-0.2, -0.15) is 0 Å². The zero-order valence-electron chi connectivity index (χ0n) is 17.4. The van der Waals surface area contributed by atoms with Gasteiger partial charge < -0.3 is 15.6 Å². The van der Waals surface area contributed by atoms with Gasteiger partial charge in [-0.05, 0) is 40.4 Å². The Balaban J connectivity index is 1.52. The average Bonchev–Trinajstić information content (AvgIpc) is 3.54. The van der Waals surface area contributed by atoms with Gasteiger partial charge in [0.15, 0.2) is 0 Å². The van der Waals surface area contributed by atoms with Crippen LogP contribution < -0.4 is 10.6 Å². The van der Waals surface area contributed by atoms with Crippen molar-refractivity contribution in [2.24, 2.45) is 5.92 Å². The number of benzene rings is 1. The Bertz CT molecular complexity index is 1150. The Hall–Kier alpha value is -2.90. The molecule has 0 aliphatic heterocycles. The van der Waals surface area contributed by atoms with Crippen LogP contribution in [0.15, 0.2) is 65.5 Å². The monoisotopic (exact) mass is 451 g/mol. The lowest BCUT2D eigenvalue weighted by molar-refractivity contribution is -0.123. The lowest BCUT2D eigenvalue weighted by atomic mass is 9.96. The van der Waals surface area contributed by atoms with Crippen LogP contribution >= 0.6 is 22.7 Å². The Morgan fingerprint density at radius 2 is 1.77 bits per heavy atom. The molecule has 0 bridgehead atoms. The maximum atomic E-state index is 13.1. The zero-order chi connectivity index (χ0) is 21.8. The van der Waals surface area contributed by atoms with Gasteiger partial charge in [0.2, 0.25) is 5.91 Å². The van der Waals surface area contributed by atoms with E-state index in [1.165, 1.54) is 16.2 Å². The normalized spacial score (nSPS) is 13.3. The average molecular weight is 452 g/mol. The van der Waals surface area contributed by atoms with E-state index in [2.05, 4.69) is 39.2 Å². The molecule has 2 atom stereocenters. The number of hydrogen-bond acceptors (Lipinski definition) is 4. The van der Waals surface area contributed by atoms with Gasteiger partial charge in [-0.1, -0.05) is 44.2 Å². The molecule has 0 unspecified atom stereocenters. The maximum Gasteiger partial charge on any atom is 0.262 e. The van der Waals surface area contributed by atoms with E-state index in [-0.39, 0.29) is 23.7 Å². The second-order valence-corrected chi connectivity index (χ2v) is 9.70. The summed E-state index contributed by atoms with van der Waals surface area (Å²) in [4.78, 5) is 30.7. The highest BCUT2D eigenvalue weighted by Gasteiger charge is 2.27. The highest BCUT2D eigenvalue weighted by molar-refractivity contribution is 7.12. The summed E-state index contributed by atoms with van der Waals surface area (Å²) in [5, 5.41) is 11.1. The molecule has 0 saturated heterocycles. The number of amides is 2. The van der Waals surface area contributed by atoms with Crippen molar-refractivity contribution in [3.05, 3.63) is 80.8 Å². The first kappa shape index (κ1) is 21.3. The molecular formula is C24H25N3O2S2. The summed E-state index contributed by atoms with van der Waals surface area (Å²) in [6.45, 7) is 4.34. The Morgan fingerprint density at radius 3 is 2.48 bits per heavy atom. The molecule has 31 heavy (non-hydrogen) atoms. The van der Waals surface area contributed by atoms with E-state index >= 15 is 0 Å². The molecular weight excluding hydrogens is 426 g/mol. The molecule has 0 saturated carbocycles. The fourth-order valence-corrected chi connectivity index (χ4v) is 5.18. The molecule has 0 fully saturated rings. The van der Waals surface area contributed by atoms with Crippen molar-refractivity contribution in [2.45, 2.75) is 25.8 Å². The van der Waals surface area contributed by atoms with Crippen LogP contribution in [0, 0.1) is 5.92 Å². The number of nitrogens with one attached hydrogen (secondary N) is 3. The highest BCUT2D eigenvalue weighted by Crippen LogP contribution is 2.32. The number of carbonyl (C=O) groups is 2. The summed E-state index contributed by atoms with van der Waals surface area (Å²) < 4.78 is 0. The quantitative estimate of drug-likeness (QED) is 0.353. The number of fused-ring (bicyclic) bond motifs is 1. The van der Waals surface area contributed by atoms with Gasteiger partial charge in [0.05, 0.1) is 4.88 Å². The van der Waals surface area contributed by atoms with Crippen LogP contribution in [0.3, 0.4) is 0 Å². The molecule has 7 heteroatoms. The van der Waals surface area contributed by atoms with Crippen molar-refractivity contribution in [1.82, 2.24) is 15.6 Å². The van der Waals surface area contributed by atoms with Crippen LogP contribution in [0.25, 0.3) is 10.9 Å². The van der Waals surface area contributed by atoms with Gasteiger partial charge in [-0.3, -0.25) is 9.59 Å². The lowest BCUT2D eigenvalue weighted by Crippen LogP contribution is -2.50. The Morgan fingerprint density at radius 1 is 1.00 bits per heavy atom. The Kier molecular flexibility index (Phi) is 6.53. The van der Waals surface area contributed by atoms with Crippen LogP contribution in [0.5, 0.6) is 0 Å². The van der Waals surface area contributed by atoms with Crippen molar-refractivity contribution in [3.8, 4) is 0 Å². The van der Waals surface area contributed by atoms with E-state index in [4.69, 9.17) is 0 Å². The smallest absolute Gasteiger partial charge is 0.262 e. The number of para-hydroxylation sites is 1. The van der Waals surface area contributed by atoms with E-state index in [1.54, 1.807) is 17.4 Å². The predicted molar refractivity (Wildman–Crippen MR) is 128 cm³/mol. The van der Waals surface area contributed by atoms with Crippen LogP contribution in [0.4, 0.5) is 0 Å². The van der Waals surface area contributed by atoms with E-state index < -0.39 is 6.04 Å². The molecule has 3 heterocycles. The first-order valence-electron chi connectivity index (χ1n) is 10.3. The largest absolute Gasteiger partial charge is 0.361 e. The zero-order valence-corrected chi connectivity index (χ0v) is 19.1. The van der Waals surface area contributed by atoms with Crippen LogP contribution in [0.1, 0.15) is 39.9 Å². The molecule has 3 N–H and O–H groups in total. The molecule has 4 aromatic rings. The number of thiophene rings is 2. The van der Waals surface area contributed by atoms with Gasteiger partial charge in [-0.25, -0.2) is 0 Å².